The lowest BCUT2D eigenvalue weighted by Gasteiger charge is -2.47. The van der Waals surface area contributed by atoms with Gasteiger partial charge in [0, 0.05) is 18.8 Å². The molecule has 1 aromatic carbocycles. The lowest BCUT2D eigenvalue weighted by Crippen LogP contribution is -2.64. The Labute approximate surface area is 147 Å². The van der Waals surface area contributed by atoms with Crippen LogP contribution in [0.5, 0.6) is 0 Å². The lowest BCUT2D eigenvalue weighted by atomic mass is 9.66. The van der Waals surface area contributed by atoms with Crippen LogP contribution in [0.25, 0.3) is 0 Å². The summed E-state index contributed by atoms with van der Waals surface area (Å²) in [4.78, 5) is 25.0. The van der Waals surface area contributed by atoms with Gasteiger partial charge >= 0.3 is 0 Å². The number of sulfone groups is 1. The van der Waals surface area contributed by atoms with Crippen LogP contribution in [0.1, 0.15) is 27.2 Å². The van der Waals surface area contributed by atoms with Gasteiger partial charge in [-0.15, -0.1) is 0 Å². The fourth-order valence-corrected chi connectivity index (χ4v) is 6.47. The third-order valence-electron chi connectivity index (χ3n) is 5.32. The second-order valence-corrected chi connectivity index (χ2v) is 9.03. The van der Waals surface area contributed by atoms with Gasteiger partial charge in [0.1, 0.15) is 0 Å². The van der Waals surface area contributed by atoms with Crippen LogP contribution in [-0.2, 0) is 19.4 Å². The number of rotatable bonds is 3. The predicted molar refractivity (Wildman–Crippen MR) is 94.6 cm³/mol. The summed E-state index contributed by atoms with van der Waals surface area (Å²) in [5, 5.41) is 1.50. The van der Waals surface area contributed by atoms with Crippen molar-refractivity contribution in [1.82, 2.24) is 5.32 Å². The van der Waals surface area contributed by atoms with E-state index in [0.29, 0.717) is 5.57 Å². The van der Waals surface area contributed by atoms with Gasteiger partial charge < -0.3 is 5.32 Å². The van der Waals surface area contributed by atoms with Crippen molar-refractivity contribution in [2.45, 2.75) is 42.9 Å². The fourth-order valence-electron chi connectivity index (χ4n) is 4.26. The molecule has 0 bridgehead atoms. The maximum absolute atomic E-state index is 13.4. The molecule has 0 aliphatic heterocycles. The summed E-state index contributed by atoms with van der Waals surface area (Å²) in [5.74, 6) is -0.739. The average Bonchev–Trinajstić information content (AvgIpc) is 2.76. The minimum atomic E-state index is -3.97. The van der Waals surface area contributed by atoms with Gasteiger partial charge in [-0.25, -0.2) is 8.42 Å². The van der Waals surface area contributed by atoms with Crippen molar-refractivity contribution in [1.29, 1.82) is 0 Å². The summed E-state index contributed by atoms with van der Waals surface area (Å²) in [6, 6.07) is 7.94. The van der Waals surface area contributed by atoms with Crippen LogP contribution in [0, 0.1) is 5.41 Å². The summed E-state index contributed by atoms with van der Waals surface area (Å²) in [7, 11) is -3.97. The van der Waals surface area contributed by atoms with Gasteiger partial charge in [0.15, 0.2) is 20.9 Å². The van der Waals surface area contributed by atoms with Crippen LogP contribution in [0.15, 0.2) is 59.0 Å². The summed E-state index contributed by atoms with van der Waals surface area (Å²) < 4.78 is 26.7. The van der Waals surface area contributed by atoms with Crippen molar-refractivity contribution in [3.05, 3.63) is 54.1 Å². The summed E-state index contributed by atoms with van der Waals surface area (Å²) in [6.45, 7) is 4.94. The van der Waals surface area contributed by atoms with Crippen molar-refractivity contribution in [2.24, 2.45) is 5.41 Å². The predicted octanol–water partition coefficient (Wildman–Crippen LogP) is 2.20. The van der Waals surface area contributed by atoms with E-state index < -0.39 is 26.0 Å². The van der Waals surface area contributed by atoms with E-state index in [0.717, 1.165) is 0 Å². The number of hydrogen-bond acceptors (Lipinski definition) is 4. The summed E-state index contributed by atoms with van der Waals surface area (Å²) >= 11 is 0. The van der Waals surface area contributed by atoms with Gasteiger partial charge in [-0.2, -0.15) is 0 Å². The highest BCUT2D eigenvalue weighted by atomic mass is 32.2. The Morgan fingerprint density at radius 3 is 2.48 bits per heavy atom. The van der Waals surface area contributed by atoms with Gasteiger partial charge in [0.25, 0.3) is 0 Å². The van der Waals surface area contributed by atoms with Crippen LogP contribution in [0.2, 0.25) is 0 Å². The molecule has 1 saturated carbocycles. The van der Waals surface area contributed by atoms with Crippen molar-refractivity contribution < 1.29 is 18.0 Å². The highest BCUT2D eigenvalue weighted by molar-refractivity contribution is 7.93. The zero-order valence-corrected chi connectivity index (χ0v) is 15.3. The maximum atomic E-state index is 13.4. The van der Waals surface area contributed by atoms with E-state index in [9.17, 15) is 18.0 Å². The number of amides is 1. The molecule has 0 heterocycles. The average molecular weight is 359 g/mol. The largest absolute Gasteiger partial charge is 0.344 e. The van der Waals surface area contributed by atoms with Crippen LogP contribution in [-0.4, -0.2) is 30.9 Å². The zero-order chi connectivity index (χ0) is 18.5. The molecule has 1 aromatic rings. The Morgan fingerprint density at radius 2 is 1.88 bits per heavy atom. The number of nitrogens with one attached hydrogen (secondary N) is 1. The molecule has 3 atom stereocenters. The Bertz CT molecular complexity index is 901. The SMILES string of the molecule is CC(=O)N[C@]12C(C)=CC=C[C@@]1(C)CC(=O)C2S(=O)(=O)c1ccccc1. The molecule has 0 aromatic heterocycles. The van der Waals surface area contributed by atoms with Gasteiger partial charge in [0.2, 0.25) is 5.91 Å². The second kappa shape index (κ2) is 5.66. The van der Waals surface area contributed by atoms with Gasteiger partial charge in [-0.3, -0.25) is 9.59 Å². The van der Waals surface area contributed by atoms with E-state index in [1.165, 1.54) is 19.1 Å². The molecule has 1 unspecified atom stereocenters. The van der Waals surface area contributed by atoms with Crippen molar-refractivity contribution in [3.63, 3.8) is 0 Å². The second-order valence-electron chi connectivity index (χ2n) is 7.00. The molecule has 2 aliphatic rings. The van der Waals surface area contributed by atoms with E-state index in [-0.39, 0.29) is 23.0 Å². The van der Waals surface area contributed by atoms with Crippen molar-refractivity contribution >= 4 is 21.5 Å². The molecule has 1 N–H and O–H groups in total. The lowest BCUT2D eigenvalue weighted by molar-refractivity contribution is -0.121. The fraction of sp³-hybridized carbons (Fsp3) is 0.368. The number of carbonyl (C=O) groups is 2. The van der Waals surface area contributed by atoms with Gasteiger partial charge in [-0.05, 0) is 24.6 Å². The number of hydrogen-bond donors (Lipinski definition) is 1. The molecule has 25 heavy (non-hydrogen) atoms. The van der Waals surface area contributed by atoms with Crippen LogP contribution < -0.4 is 5.32 Å². The molecule has 0 spiro atoms. The zero-order valence-electron chi connectivity index (χ0n) is 14.4. The van der Waals surface area contributed by atoms with E-state index in [1.807, 2.05) is 19.1 Å². The van der Waals surface area contributed by atoms with E-state index in [4.69, 9.17) is 0 Å². The Kier molecular flexibility index (Phi) is 3.99. The molecule has 5 nitrogen and oxygen atoms in total. The molecule has 0 radical (unpaired) electrons. The number of fused-ring (bicyclic) bond motifs is 1. The highest BCUT2D eigenvalue weighted by Crippen LogP contribution is 2.54. The molecule has 132 valence electrons. The standard InChI is InChI=1S/C19H21NO4S/c1-13-8-7-11-18(3)12-16(22)17(19(13,18)20-14(2)21)25(23,24)15-9-5-4-6-10-15/h4-11,17H,12H2,1-3H3,(H,20,21)/t17?,18-,19-/m0/s1. The number of benzene rings is 1. The number of Topliss-reactive ketones (excluding diaryl/α,β-unsaturated/α-hetero) is 1. The molecule has 3 rings (SSSR count). The van der Waals surface area contributed by atoms with Crippen LogP contribution in [0.3, 0.4) is 0 Å². The first-order valence-electron chi connectivity index (χ1n) is 8.12. The van der Waals surface area contributed by atoms with Gasteiger partial charge in [-0.1, -0.05) is 43.4 Å². The van der Waals surface area contributed by atoms with Gasteiger partial charge in [0.05, 0.1) is 10.4 Å². The molecule has 0 saturated heterocycles. The normalized spacial score (nSPS) is 31.4. The van der Waals surface area contributed by atoms with Crippen LogP contribution >= 0.6 is 0 Å². The highest BCUT2D eigenvalue weighted by Gasteiger charge is 2.67. The quantitative estimate of drug-likeness (QED) is 0.897. The smallest absolute Gasteiger partial charge is 0.217 e. The molecule has 1 fully saturated rings. The molecule has 6 heteroatoms. The first-order valence-corrected chi connectivity index (χ1v) is 9.67. The van der Waals surface area contributed by atoms with Crippen molar-refractivity contribution in [2.75, 3.05) is 0 Å². The third-order valence-corrected chi connectivity index (χ3v) is 7.48. The van der Waals surface area contributed by atoms with E-state index >= 15 is 0 Å². The minimum absolute atomic E-state index is 0.0612. The van der Waals surface area contributed by atoms with E-state index in [1.54, 1.807) is 31.2 Å². The minimum Gasteiger partial charge on any atom is -0.344 e. The summed E-state index contributed by atoms with van der Waals surface area (Å²) in [6.07, 6.45) is 5.48. The third kappa shape index (κ3) is 2.39. The number of allylic oxidation sites excluding steroid dienone is 2. The molecular weight excluding hydrogens is 338 g/mol. The monoisotopic (exact) mass is 359 g/mol. The summed E-state index contributed by atoms with van der Waals surface area (Å²) in [5.41, 5.74) is -1.40. The Balaban J connectivity index is 2.28. The maximum Gasteiger partial charge on any atom is 0.217 e. The molecule has 2 aliphatic carbocycles. The molecule has 1 amide bonds. The topological polar surface area (TPSA) is 80.3 Å². The Morgan fingerprint density at radius 1 is 1.24 bits per heavy atom. The Hall–Kier alpha value is -2.21. The van der Waals surface area contributed by atoms with Crippen LogP contribution in [0.4, 0.5) is 0 Å². The first kappa shape index (κ1) is 17.6. The number of carbonyl (C=O) groups excluding carboxylic acids is 2. The van der Waals surface area contributed by atoms with E-state index in [2.05, 4.69) is 5.32 Å². The van der Waals surface area contributed by atoms with Crippen molar-refractivity contribution in [3.8, 4) is 0 Å². The molecular formula is C19H21NO4S. The first-order chi connectivity index (χ1) is 11.6. The number of ketones is 1.